The van der Waals surface area contributed by atoms with E-state index < -0.39 is 0 Å². The lowest BCUT2D eigenvalue weighted by molar-refractivity contribution is -0.133. The molecule has 1 amide bonds. The molecule has 1 aliphatic heterocycles. The smallest absolute Gasteiger partial charge is 0.260 e. The Labute approximate surface area is 200 Å². The zero-order valence-corrected chi connectivity index (χ0v) is 19.4. The van der Waals surface area contributed by atoms with Crippen LogP contribution in [0.2, 0.25) is 10.0 Å². The van der Waals surface area contributed by atoms with Crippen LogP contribution >= 0.6 is 23.2 Å². The summed E-state index contributed by atoms with van der Waals surface area (Å²) in [6, 6.07) is 4.96. The van der Waals surface area contributed by atoms with E-state index in [1.54, 1.807) is 11.9 Å². The summed E-state index contributed by atoms with van der Waals surface area (Å²) in [6.07, 6.45) is 2.99. The second-order valence-corrected chi connectivity index (χ2v) is 8.08. The molecule has 3 heterocycles. The number of nitrogens with zero attached hydrogens (tertiary/aromatic N) is 4. The second-order valence-electron chi connectivity index (χ2n) is 7.32. The lowest BCUT2D eigenvalue weighted by atomic mass is 10.1. The summed E-state index contributed by atoms with van der Waals surface area (Å²) < 4.78 is 5.60. The van der Waals surface area contributed by atoms with E-state index in [1.807, 2.05) is 12.3 Å². The number of carbonyl (C=O) groups is 2. The molecule has 1 aliphatic rings. The van der Waals surface area contributed by atoms with Gasteiger partial charge in [0.2, 0.25) is 5.95 Å². The molecule has 0 aliphatic carbocycles. The molecule has 11 heteroatoms. The monoisotopic (exact) mass is 488 g/mol. The molecule has 0 saturated carbocycles. The molecule has 1 saturated heterocycles. The highest BCUT2D eigenvalue weighted by Gasteiger charge is 2.25. The number of amides is 1. The number of allylic oxidation sites excluding steroid dienone is 1. The fraction of sp³-hybridized carbons (Fsp3) is 0.273. The summed E-state index contributed by atoms with van der Waals surface area (Å²) in [7, 11) is 1.77. The average molecular weight is 489 g/mol. The summed E-state index contributed by atoms with van der Waals surface area (Å²) in [5.41, 5.74) is 0.988. The van der Waals surface area contributed by atoms with E-state index in [4.69, 9.17) is 27.9 Å². The van der Waals surface area contributed by atoms with Gasteiger partial charge in [-0.1, -0.05) is 29.8 Å². The van der Waals surface area contributed by atoms with Crippen LogP contribution in [0.4, 0.5) is 11.8 Å². The van der Waals surface area contributed by atoms with Crippen LogP contribution in [0.25, 0.3) is 11.0 Å². The zero-order chi connectivity index (χ0) is 23.5. The Balaban J connectivity index is 1.38. The first-order valence-corrected chi connectivity index (χ1v) is 11.0. The number of anilines is 2. The lowest BCUT2D eigenvalue weighted by Gasteiger charge is -2.35. The van der Waals surface area contributed by atoms with Gasteiger partial charge in [-0.25, -0.2) is 0 Å². The first kappa shape index (κ1) is 22.9. The third-order valence-electron chi connectivity index (χ3n) is 5.40. The van der Waals surface area contributed by atoms with Crippen molar-refractivity contribution >= 4 is 57.7 Å². The van der Waals surface area contributed by atoms with Crippen LogP contribution in [-0.4, -0.2) is 71.4 Å². The van der Waals surface area contributed by atoms with Crippen LogP contribution in [-0.2, 0) is 4.79 Å². The number of benzene rings is 1. The molecule has 2 aromatic heterocycles. The van der Waals surface area contributed by atoms with Crippen LogP contribution in [0.1, 0.15) is 10.4 Å². The van der Waals surface area contributed by atoms with Crippen molar-refractivity contribution < 1.29 is 14.3 Å². The number of fused-ring (bicyclic) bond motifs is 1. The van der Waals surface area contributed by atoms with E-state index in [1.165, 1.54) is 12.1 Å². The predicted molar refractivity (Wildman–Crippen MR) is 129 cm³/mol. The first-order chi connectivity index (χ1) is 15.9. The molecule has 1 aromatic carbocycles. The minimum absolute atomic E-state index is 0.0713. The Kier molecular flexibility index (Phi) is 6.71. The first-order valence-electron chi connectivity index (χ1n) is 10.3. The van der Waals surface area contributed by atoms with E-state index in [-0.39, 0.29) is 39.7 Å². The number of H-pyrrole nitrogens is 1. The molecular formula is C22H22Cl2N6O3. The van der Waals surface area contributed by atoms with Gasteiger partial charge < -0.3 is 24.8 Å². The Hall–Kier alpha value is -3.30. The fourth-order valence-electron chi connectivity index (χ4n) is 3.62. The van der Waals surface area contributed by atoms with Crippen molar-refractivity contribution in [3.05, 3.63) is 52.7 Å². The number of halogens is 2. The Morgan fingerprint density at radius 2 is 1.94 bits per heavy atom. The number of nitrogens with one attached hydrogen (secondary N) is 2. The van der Waals surface area contributed by atoms with Crippen LogP contribution in [0.5, 0.6) is 5.75 Å². The molecule has 33 heavy (non-hydrogen) atoms. The minimum Gasteiger partial charge on any atom is -0.482 e. The molecular weight excluding hydrogens is 467 g/mol. The van der Waals surface area contributed by atoms with Crippen LogP contribution in [0, 0.1) is 0 Å². The molecule has 3 aromatic rings. The number of piperazine rings is 1. The molecule has 0 unspecified atom stereocenters. The van der Waals surface area contributed by atoms with E-state index in [0.29, 0.717) is 32.1 Å². The second kappa shape index (κ2) is 9.68. The Bertz CT molecular complexity index is 1220. The van der Waals surface area contributed by atoms with Crippen molar-refractivity contribution in [2.75, 3.05) is 50.1 Å². The van der Waals surface area contributed by atoms with E-state index >= 15 is 0 Å². The lowest BCUT2D eigenvalue weighted by Crippen LogP contribution is -2.50. The van der Waals surface area contributed by atoms with Crippen LogP contribution in [0.15, 0.2) is 37.1 Å². The van der Waals surface area contributed by atoms with Crippen LogP contribution < -0.4 is 15.0 Å². The quantitative estimate of drug-likeness (QED) is 0.387. The molecule has 4 rings (SSSR count). The fourth-order valence-corrected chi connectivity index (χ4v) is 4.09. The van der Waals surface area contributed by atoms with Crippen molar-refractivity contribution in [2.24, 2.45) is 0 Å². The number of hydrogen-bond acceptors (Lipinski definition) is 7. The normalized spacial score (nSPS) is 13.8. The van der Waals surface area contributed by atoms with E-state index in [2.05, 4.69) is 31.7 Å². The zero-order valence-electron chi connectivity index (χ0n) is 17.9. The summed E-state index contributed by atoms with van der Waals surface area (Å²) in [5.74, 6) is 1.08. The van der Waals surface area contributed by atoms with Gasteiger partial charge in [-0.15, -0.1) is 0 Å². The maximum Gasteiger partial charge on any atom is 0.260 e. The van der Waals surface area contributed by atoms with Crippen molar-refractivity contribution in [3.63, 3.8) is 0 Å². The number of carbonyl (C=O) groups excluding carboxylic acids is 2. The molecule has 1 fully saturated rings. The van der Waals surface area contributed by atoms with Gasteiger partial charge in [0, 0.05) is 45.0 Å². The van der Waals surface area contributed by atoms with Crippen molar-refractivity contribution in [2.45, 2.75) is 0 Å². The highest BCUT2D eigenvalue weighted by molar-refractivity contribution is 6.45. The highest BCUT2D eigenvalue weighted by atomic mass is 35.5. The molecule has 9 nitrogen and oxygen atoms in total. The number of ether oxygens (including phenoxy) is 1. The summed E-state index contributed by atoms with van der Waals surface area (Å²) >= 11 is 12.4. The Morgan fingerprint density at radius 3 is 2.64 bits per heavy atom. The topological polar surface area (TPSA) is 103 Å². The van der Waals surface area contributed by atoms with Crippen molar-refractivity contribution in [3.8, 4) is 5.75 Å². The van der Waals surface area contributed by atoms with Gasteiger partial charge in [-0.05, 0) is 24.3 Å². The largest absolute Gasteiger partial charge is 0.482 e. The standard InChI is InChI=1S/C22H22Cl2N6O3/c1-3-15(31)13-4-5-16(19(24)18(13)23)33-12-17(32)29-8-10-30(11-9-29)21-14-6-7-26-20(14)27-22(25-2)28-21/h3-7H,1,8-12H2,2H3,(H2,25,26,27,28). The van der Waals surface area contributed by atoms with Crippen molar-refractivity contribution in [1.82, 2.24) is 19.9 Å². The number of ketones is 1. The number of hydrogen-bond donors (Lipinski definition) is 2. The summed E-state index contributed by atoms with van der Waals surface area (Å²) in [5, 5.41) is 4.06. The Morgan fingerprint density at radius 1 is 1.18 bits per heavy atom. The van der Waals surface area contributed by atoms with Gasteiger partial charge in [0.05, 0.1) is 10.4 Å². The predicted octanol–water partition coefficient (Wildman–Crippen LogP) is 3.40. The van der Waals surface area contributed by atoms with Crippen LogP contribution in [0.3, 0.4) is 0 Å². The van der Waals surface area contributed by atoms with Gasteiger partial charge >= 0.3 is 0 Å². The molecule has 0 bridgehead atoms. The average Bonchev–Trinajstić information content (AvgIpc) is 3.32. The SMILES string of the molecule is C=CC(=O)c1ccc(OCC(=O)N2CCN(c3nc(NC)nc4[nH]ccc34)CC2)c(Cl)c1Cl. The molecule has 0 atom stereocenters. The van der Waals surface area contributed by atoms with E-state index in [9.17, 15) is 9.59 Å². The third kappa shape index (κ3) is 4.60. The summed E-state index contributed by atoms with van der Waals surface area (Å²) in [4.78, 5) is 40.5. The van der Waals surface area contributed by atoms with E-state index in [0.717, 1.165) is 22.9 Å². The maximum atomic E-state index is 12.7. The number of aromatic nitrogens is 3. The third-order valence-corrected chi connectivity index (χ3v) is 6.26. The number of rotatable bonds is 7. The summed E-state index contributed by atoms with van der Waals surface area (Å²) in [6.45, 7) is 5.54. The molecule has 0 radical (unpaired) electrons. The molecule has 172 valence electrons. The molecule has 2 N–H and O–H groups in total. The van der Waals surface area contributed by atoms with Gasteiger partial charge in [-0.2, -0.15) is 9.97 Å². The highest BCUT2D eigenvalue weighted by Crippen LogP contribution is 2.35. The maximum absolute atomic E-state index is 12.7. The number of aromatic amines is 1. The van der Waals surface area contributed by atoms with Crippen molar-refractivity contribution in [1.29, 1.82) is 0 Å². The van der Waals surface area contributed by atoms with Gasteiger partial charge in [0.1, 0.15) is 22.2 Å². The molecule has 0 spiro atoms. The van der Waals surface area contributed by atoms with Gasteiger partial charge in [0.25, 0.3) is 5.91 Å². The van der Waals surface area contributed by atoms with Gasteiger partial charge in [-0.3, -0.25) is 9.59 Å². The van der Waals surface area contributed by atoms with Gasteiger partial charge in [0.15, 0.2) is 12.4 Å². The minimum atomic E-state index is -0.343.